The van der Waals surface area contributed by atoms with Gasteiger partial charge < -0.3 is 15.0 Å². The molecule has 0 aliphatic carbocycles. The third kappa shape index (κ3) is 6.03. The number of aromatic nitrogens is 4. The van der Waals surface area contributed by atoms with Crippen LogP contribution in [0.5, 0.6) is 0 Å². The molecule has 0 aliphatic heterocycles. The summed E-state index contributed by atoms with van der Waals surface area (Å²) < 4.78 is 2.00. The molecule has 0 fully saturated rings. The maximum Gasteiger partial charge on any atom is 0.290 e. The van der Waals surface area contributed by atoms with Crippen molar-refractivity contribution < 1.29 is 14.7 Å². The first-order chi connectivity index (χ1) is 14.0. The van der Waals surface area contributed by atoms with E-state index in [1.165, 1.54) is 0 Å². The van der Waals surface area contributed by atoms with E-state index in [1.807, 2.05) is 42.0 Å². The lowest BCUT2D eigenvalue weighted by Gasteiger charge is -2.10. The minimum Gasteiger partial charge on any atom is -0.483 e. The molecule has 3 rings (SSSR count). The molecule has 0 atom stereocenters. The van der Waals surface area contributed by atoms with Crippen molar-refractivity contribution in [2.75, 3.05) is 6.54 Å². The third-order valence-corrected chi connectivity index (χ3v) is 4.37. The number of carboxylic acid groups (broad SMARTS) is 1. The molecule has 1 amide bonds. The Balaban J connectivity index is 0.000000941. The summed E-state index contributed by atoms with van der Waals surface area (Å²) in [6.45, 7) is 7.47. The highest BCUT2D eigenvalue weighted by atomic mass is 16.3. The first-order valence-electron chi connectivity index (χ1n) is 9.45. The average Bonchev–Trinajstić information content (AvgIpc) is 3.35. The minimum absolute atomic E-state index is 0.0512. The number of nitrogens with zero attached hydrogens (tertiary/aromatic N) is 3. The van der Waals surface area contributed by atoms with E-state index in [2.05, 4.69) is 34.3 Å². The molecule has 3 N–H and O–H groups in total. The molecular formula is C21H27N5O3. The summed E-state index contributed by atoms with van der Waals surface area (Å²) in [6.07, 6.45) is 6.32. The van der Waals surface area contributed by atoms with E-state index in [9.17, 15) is 4.79 Å². The maximum absolute atomic E-state index is 12.5. The van der Waals surface area contributed by atoms with Crippen LogP contribution >= 0.6 is 0 Å². The zero-order valence-corrected chi connectivity index (χ0v) is 16.9. The predicted molar refractivity (Wildman–Crippen MR) is 111 cm³/mol. The van der Waals surface area contributed by atoms with Crippen LogP contribution in [0.25, 0.3) is 11.1 Å². The van der Waals surface area contributed by atoms with Gasteiger partial charge in [-0.25, -0.2) is 4.98 Å². The molecule has 8 heteroatoms. The van der Waals surface area contributed by atoms with Crippen molar-refractivity contribution in [1.82, 2.24) is 25.1 Å². The lowest BCUT2D eigenvalue weighted by molar-refractivity contribution is -0.122. The Morgan fingerprint density at radius 1 is 1.38 bits per heavy atom. The fraction of sp³-hybridized carbons (Fsp3) is 0.333. The Morgan fingerprint density at radius 3 is 2.79 bits per heavy atom. The number of aryl methyl sites for hydroxylation is 2. The highest BCUT2D eigenvalue weighted by molar-refractivity contribution is 5.95. The van der Waals surface area contributed by atoms with Gasteiger partial charge in [0.15, 0.2) is 0 Å². The standard InChI is InChI=1S/C20H25N5O.CH2O2/c1-14(2)19-18(15(3)23-24-19)16-6-4-7-17(12-16)20(26)22-8-5-10-25-11-9-21-13-25;2-1-3/h4,6-7,9,11-14H,5,8,10H2,1-3H3,(H,22,26)(H,23,24);1H,(H,2,3). The third-order valence-electron chi connectivity index (χ3n) is 4.37. The number of carbonyl (C=O) groups excluding carboxylic acids is 1. The van der Waals surface area contributed by atoms with Crippen molar-refractivity contribution in [1.29, 1.82) is 0 Å². The van der Waals surface area contributed by atoms with Gasteiger partial charge in [-0.3, -0.25) is 14.7 Å². The first-order valence-corrected chi connectivity index (χ1v) is 9.45. The highest BCUT2D eigenvalue weighted by Crippen LogP contribution is 2.30. The predicted octanol–water partition coefficient (Wildman–Crippen LogP) is 3.23. The molecule has 0 bridgehead atoms. The molecule has 0 saturated heterocycles. The number of rotatable bonds is 7. The molecule has 1 aromatic carbocycles. The number of aromatic amines is 1. The Kier molecular flexibility index (Phi) is 8.14. The number of amides is 1. The van der Waals surface area contributed by atoms with Gasteiger partial charge >= 0.3 is 0 Å². The number of H-pyrrole nitrogens is 1. The number of hydrogen-bond donors (Lipinski definition) is 3. The summed E-state index contributed by atoms with van der Waals surface area (Å²) in [4.78, 5) is 24.9. The van der Waals surface area contributed by atoms with Crippen LogP contribution in [-0.4, -0.2) is 43.8 Å². The monoisotopic (exact) mass is 397 g/mol. The lowest BCUT2D eigenvalue weighted by atomic mass is 9.96. The fourth-order valence-corrected chi connectivity index (χ4v) is 3.03. The molecule has 8 nitrogen and oxygen atoms in total. The Hall–Kier alpha value is -3.42. The molecule has 0 aliphatic rings. The molecule has 3 aromatic rings. The van der Waals surface area contributed by atoms with Gasteiger partial charge in [-0.1, -0.05) is 26.0 Å². The molecule has 2 heterocycles. The Labute approximate surface area is 170 Å². The quantitative estimate of drug-likeness (QED) is 0.418. The first kappa shape index (κ1) is 21.9. The van der Waals surface area contributed by atoms with E-state index in [4.69, 9.17) is 9.90 Å². The van der Waals surface area contributed by atoms with Crippen LogP contribution in [-0.2, 0) is 11.3 Å². The van der Waals surface area contributed by atoms with E-state index in [1.54, 1.807) is 12.5 Å². The van der Waals surface area contributed by atoms with Crippen LogP contribution in [0.3, 0.4) is 0 Å². The van der Waals surface area contributed by atoms with Crippen molar-refractivity contribution in [3.05, 3.63) is 59.9 Å². The van der Waals surface area contributed by atoms with Gasteiger partial charge in [0, 0.05) is 42.3 Å². The van der Waals surface area contributed by atoms with Crippen LogP contribution in [0, 0.1) is 6.92 Å². The Morgan fingerprint density at radius 2 is 2.14 bits per heavy atom. The Bertz CT molecular complexity index is 916. The lowest BCUT2D eigenvalue weighted by Crippen LogP contribution is -2.25. The minimum atomic E-state index is -0.250. The molecule has 0 saturated carbocycles. The summed E-state index contributed by atoms with van der Waals surface area (Å²) in [5.74, 6) is 0.264. The van der Waals surface area contributed by atoms with Crippen LogP contribution in [0.15, 0.2) is 43.0 Å². The second kappa shape index (κ2) is 10.8. The highest BCUT2D eigenvalue weighted by Gasteiger charge is 2.16. The molecule has 29 heavy (non-hydrogen) atoms. The topological polar surface area (TPSA) is 113 Å². The summed E-state index contributed by atoms with van der Waals surface area (Å²) in [5.41, 5.74) is 4.83. The zero-order chi connectivity index (χ0) is 21.2. The normalized spacial score (nSPS) is 10.3. The van der Waals surface area contributed by atoms with Crippen LogP contribution in [0.2, 0.25) is 0 Å². The van der Waals surface area contributed by atoms with Gasteiger partial charge in [-0.15, -0.1) is 0 Å². The van der Waals surface area contributed by atoms with Crippen molar-refractivity contribution in [2.45, 2.75) is 39.7 Å². The van der Waals surface area contributed by atoms with E-state index in [0.29, 0.717) is 18.0 Å². The second-order valence-corrected chi connectivity index (χ2v) is 6.86. The van der Waals surface area contributed by atoms with Crippen LogP contribution < -0.4 is 5.32 Å². The molecule has 0 radical (unpaired) electrons. The van der Waals surface area contributed by atoms with E-state index in [0.717, 1.165) is 35.5 Å². The maximum atomic E-state index is 12.5. The van der Waals surface area contributed by atoms with E-state index in [-0.39, 0.29) is 12.4 Å². The van der Waals surface area contributed by atoms with E-state index >= 15 is 0 Å². The summed E-state index contributed by atoms with van der Waals surface area (Å²) >= 11 is 0. The molecule has 154 valence electrons. The number of nitrogens with one attached hydrogen (secondary N) is 2. The van der Waals surface area contributed by atoms with Crippen LogP contribution in [0.4, 0.5) is 0 Å². The van der Waals surface area contributed by atoms with Crippen molar-refractivity contribution in [3.8, 4) is 11.1 Å². The molecule has 2 aromatic heterocycles. The van der Waals surface area contributed by atoms with Crippen molar-refractivity contribution in [2.24, 2.45) is 0 Å². The van der Waals surface area contributed by atoms with Gasteiger partial charge in [0.05, 0.1) is 12.0 Å². The summed E-state index contributed by atoms with van der Waals surface area (Å²) in [5, 5.41) is 17.4. The summed E-state index contributed by atoms with van der Waals surface area (Å²) in [6, 6.07) is 7.74. The zero-order valence-electron chi connectivity index (χ0n) is 16.9. The summed E-state index contributed by atoms with van der Waals surface area (Å²) in [7, 11) is 0. The van der Waals surface area contributed by atoms with Crippen molar-refractivity contribution in [3.63, 3.8) is 0 Å². The van der Waals surface area contributed by atoms with Gasteiger partial charge in [-0.2, -0.15) is 5.10 Å². The van der Waals surface area contributed by atoms with Gasteiger partial charge in [-0.05, 0) is 37.0 Å². The number of hydrogen-bond acceptors (Lipinski definition) is 4. The molecule has 0 unspecified atom stereocenters. The number of benzene rings is 1. The average molecular weight is 397 g/mol. The van der Waals surface area contributed by atoms with Crippen molar-refractivity contribution >= 4 is 12.4 Å². The van der Waals surface area contributed by atoms with Crippen LogP contribution in [0.1, 0.15) is 47.9 Å². The number of carbonyl (C=O) groups is 2. The van der Waals surface area contributed by atoms with Gasteiger partial charge in [0.25, 0.3) is 12.4 Å². The second-order valence-electron chi connectivity index (χ2n) is 6.86. The van der Waals surface area contributed by atoms with Gasteiger partial charge in [0.2, 0.25) is 0 Å². The largest absolute Gasteiger partial charge is 0.483 e. The fourth-order valence-electron chi connectivity index (χ4n) is 3.03. The molecular weight excluding hydrogens is 370 g/mol. The number of imidazole rings is 1. The smallest absolute Gasteiger partial charge is 0.290 e. The van der Waals surface area contributed by atoms with E-state index < -0.39 is 0 Å². The molecule has 0 spiro atoms. The SMILES string of the molecule is Cc1[nH]nc(C(C)C)c1-c1cccc(C(=O)NCCCn2ccnc2)c1.O=CO. The van der Waals surface area contributed by atoms with Gasteiger partial charge in [0.1, 0.15) is 0 Å².